The lowest BCUT2D eigenvalue weighted by atomic mass is 9.87. The van der Waals surface area contributed by atoms with Crippen molar-refractivity contribution >= 4 is 46.2 Å². The van der Waals surface area contributed by atoms with Crippen LogP contribution in [0.5, 0.6) is 0 Å². The van der Waals surface area contributed by atoms with Crippen LogP contribution in [0, 0.1) is 11.7 Å². The second-order valence-electron chi connectivity index (χ2n) is 9.82. The molecule has 2 aromatic carbocycles. The maximum atomic E-state index is 16.4. The van der Waals surface area contributed by atoms with Gasteiger partial charge in [-0.15, -0.1) is 0 Å². The third kappa shape index (κ3) is 5.52. The summed E-state index contributed by atoms with van der Waals surface area (Å²) in [7, 11) is 0. The maximum absolute atomic E-state index is 16.4. The first kappa shape index (κ1) is 26.5. The molecule has 3 aromatic rings. The van der Waals surface area contributed by atoms with Gasteiger partial charge in [0.25, 0.3) is 6.01 Å². The predicted molar refractivity (Wildman–Crippen MR) is 137 cm³/mol. The van der Waals surface area contributed by atoms with Gasteiger partial charge in [-0.3, -0.25) is 9.59 Å². The summed E-state index contributed by atoms with van der Waals surface area (Å²) in [5.41, 5.74) is 1.28. The summed E-state index contributed by atoms with van der Waals surface area (Å²) in [4.78, 5) is 30.2. The Morgan fingerprint density at radius 2 is 1.89 bits per heavy atom. The predicted octanol–water partition coefficient (Wildman–Crippen LogP) is 5.85. The molecule has 1 aromatic heterocycles. The van der Waals surface area contributed by atoms with Crippen molar-refractivity contribution in [2.45, 2.75) is 57.0 Å². The van der Waals surface area contributed by atoms with E-state index in [2.05, 4.69) is 10.3 Å². The molecule has 1 atom stereocenters. The van der Waals surface area contributed by atoms with Crippen LogP contribution in [0.25, 0.3) is 11.1 Å². The molecule has 2 aliphatic rings. The van der Waals surface area contributed by atoms with Crippen molar-refractivity contribution in [3.05, 3.63) is 52.8 Å². The van der Waals surface area contributed by atoms with Crippen molar-refractivity contribution in [3.63, 3.8) is 0 Å². The van der Waals surface area contributed by atoms with Gasteiger partial charge in [-0.2, -0.15) is 9.37 Å². The van der Waals surface area contributed by atoms with Crippen LogP contribution in [0.4, 0.5) is 20.5 Å². The molecule has 202 valence electrons. The van der Waals surface area contributed by atoms with E-state index in [0.29, 0.717) is 62.7 Å². The number of carboxylic acid groups (broad SMARTS) is 1. The minimum atomic E-state index is -2.73. The fraction of sp³-hybridized carbons (Fsp3) is 0.444. The Morgan fingerprint density at radius 1 is 1.18 bits per heavy atom. The number of likely N-dealkylation sites (tertiary alicyclic amines) is 1. The molecule has 5 rings (SSSR count). The Balaban J connectivity index is 1.32. The number of hydrogen-bond donors (Lipinski definition) is 2. The lowest BCUT2D eigenvalue weighted by molar-refractivity contribution is -0.252. The Labute approximate surface area is 222 Å². The van der Waals surface area contributed by atoms with Crippen molar-refractivity contribution in [3.8, 4) is 0 Å². The molecule has 2 N–H and O–H groups in total. The van der Waals surface area contributed by atoms with Crippen molar-refractivity contribution in [1.29, 1.82) is 0 Å². The molecule has 0 radical (unpaired) electrons. The normalized spacial score (nSPS) is 21.9. The second kappa shape index (κ2) is 11.0. The van der Waals surface area contributed by atoms with Crippen LogP contribution in [0.2, 0.25) is 5.02 Å². The molecule has 2 heterocycles. The third-order valence-electron chi connectivity index (χ3n) is 7.23. The first-order valence-electron chi connectivity index (χ1n) is 12.7. The van der Waals surface area contributed by atoms with E-state index in [-0.39, 0.29) is 22.3 Å². The van der Waals surface area contributed by atoms with E-state index in [1.54, 1.807) is 18.2 Å². The Hall–Kier alpha value is -3.08. The average molecular weight is 548 g/mol. The molecule has 0 amide bonds. The molecule has 2 fully saturated rings. The number of aliphatic carboxylic acids is 1. The van der Waals surface area contributed by atoms with E-state index in [1.807, 2.05) is 6.07 Å². The monoisotopic (exact) mass is 547 g/mol. The third-order valence-corrected chi connectivity index (χ3v) is 7.54. The molecule has 11 heteroatoms. The number of fused-ring (bicyclic) bond motifs is 1. The van der Waals surface area contributed by atoms with E-state index < -0.39 is 42.0 Å². The zero-order valence-corrected chi connectivity index (χ0v) is 21.3. The number of oxazole rings is 1. The van der Waals surface area contributed by atoms with Crippen LogP contribution in [-0.2, 0) is 20.7 Å². The number of Topliss-reactive ketones (excluding diaryl/α,β-unsaturated/α-hetero) is 1. The van der Waals surface area contributed by atoms with Gasteiger partial charge in [-0.05, 0) is 68.4 Å². The maximum Gasteiger partial charge on any atom is 0.330 e. The lowest BCUT2D eigenvalue weighted by Crippen LogP contribution is -2.54. The van der Waals surface area contributed by atoms with Gasteiger partial charge in [0.15, 0.2) is 5.58 Å². The number of carboxylic acids is 1. The van der Waals surface area contributed by atoms with Gasteiger partial charge < -0.3 is 19.6 Å². The molecule has 38 heavy (non-hydrogen) atoms. The zero-order valence-electron chi connectivity index (χ0n) is 20.6. The van der Waals surface area contributed by atoms with Gasteiger partial charge in [0, 0.05) is 19.5 Å². The quantitative estimate of drug-likeness (QED) is 0.321. The van der Waals surface area contributed by atoms with Crippen LogP contribution >= 0.6 is 11.6 Å². The van der Waals surface area contributed by atoms with Crippen LogP contribution in [0.3, 0.4) is 0 Å². The highest BCUT2D eigenvalue weighted by Gasteiger charge is 2.49. The lowest BCUT2D eigenvalue weighted by Gasteiger charge is -2.37. The van der Waals surface area contributed by atoms with Crippen molar-refractivity contribution in [1.82, 2.24) is 9.88 Å². The number of anilines is 2. The van der Waals surface area contributed by atoms with Crippen LogP contribution < -0.4 is 5.32 Å². The minimum absolute atomic E-state index is 0.0671. The number of carbonyl (C=O) groups excluding carboxylic acids is 1. The van der Waals surface area contributed by atoms with E-state index in [9.17, 15) is 14.7 Å². The number of para-hydroxylation sites is 2. The largest absolute Gasteiger partial charge is 0.481 e. The molecule has 0 spiro atoms. The summed E-state index contributed by atoms with van der Waals surface area (Å²) in [6, 6.07) is 9.64. The van der Waals surface area contributed by atoms with Crippen LogP contribution in [-0.4, -0.2) is 51.9 Å². The highest BCUT2D eigenvalue weighted by atomic mass is 35.5. The van der Waals surface area contributed by atoms with Crippen LogP contribution in [0.15, 0.2) is 40.8 Å². The van der Waals surface area contributed by atoms with Gasteiger partial charge in [-0.25, -0.2) is 9.29 Å². The van der Waals surface area contributed by atoms with E-state index in [0.717, 1.165) is 6.07 Å². The molecule has 0 bridgehead atoms. The van der Waals surface area contributed by atoms with E-state index in [4.69, 9.17) is 20.8 Å². The number of rotatable bonds is 9. The molecule has 1 aliphatic carbocycles. The number of ether oxygens (including phenoxy) is 1. The highest BCUT2D eigenvalue weighted by molar-refractivity contribution is 6.33. The zero-order chi connectivity index (χ0) is 26.9. The van der Waals surface area contributed by atoms with Crippen LogP contribution in [0.1, 0.15) is 44.1 Å². The van der Waals surface area contributed by atoms with Crippen molar-refractivity contribution in [2.24, 2.45) is 5.92 Å². The molecule has 8 nitrogen and oxygen atoms in total. The number of halogens is 3. The van der Waals surface area contributed by atoms with Gasteiger partial charge in [0.05, 0.1) is 22.7 Å². The SMILES string of the molecule is O=C(Cc1cc(Cl)c(Nc2nc3ccccc3o2)cc1F)C(F)(O[C@H]1CC[C@H](C(=O)O)CC1)N1CCCC1. The molecule has 1 unspecified atom stereocenters. The Bertz CT molecular complexity index is 1300. The summed E-state index contributed by atoms with van der Waals surface area (Å²) in [5, 5.41) is 12.2. The number of carbonyl (C=O) groups is 2. The second-order valence-corrected chi connectivity index (χ2v) is 10.2. The van der Waals surface area contributed by atoms with Gasteiger partial charge >= 0.3 is 11.9 Å². The average Bonchev–Trinajstić information content (AvgIpc) is 3.57. The standard InChI is InChI=1S/C27H28ClF2N3O5/c28-19-13-17(20(29)15-22(19)32-26-31-21-5-1-2-6-23(21)37-26)14-24(34)27(30,33-11-3-4-12-33)38-18-9-7-16(8-10-18)25(35)36/h1-2,5-6,13,15-16,18H,3-4,7-12,14H2,(H,31,32)(H,35,36)/t16-,18-,27?. The van der Waals surface area contributed by atoms with Crippen molar-refractivity contribution < 1.29 is 32.6 Å². The number of aromatic nitrogens is 1. The molecule has 1 saturated carbocycles. The molecular formula is C27H28ClF2N3O5. The molecular weight excluding hydrogens is 520 g/mol. The summed E-state index contributed by atoms with van der Waals surface area (Å²) in [6.07, 6.45) is 1.63. The van der Waals surface area contributed by atoms with Gasteiger partial charge in [0.1, 0.15) is 11.3 Å². The summed E-state index contributed by atoms with van der Waals surface area (Å²) < 4.78 is 42.8. The van der Waals surface area contributed by atoms with Gasteiger partial charge in [-0.1, -0.05) is 23.7 Å². The fourth-order valence-corrected chi connectivity index (χ4v) is 5.35. The van der Waals surface area contributed by atoms with Gasteiger partial charge in [0.2, 0.25) is 5.78 Å². The summed E-state index contributed by atoms with van der Waals surface area (Å²) in [5.74, 6) is -5.77. The summed E-state index contributed by atoms with van der Waals surface area (Å²) in [6.45, 7) is 0.673. The minimum Gasteiger partial charge on any atom is -0.481 e. The number of alkyl halides is 1. The number of benzene rings is 2. The topological polar surface area (TPSA) is 105 Å². The number of hydrogen-bond acceptors (Lipinski definition) is 7. The smallest absolute Gasteiger partial charge is 0.330 e. The number of nitrogens with zero attached hydrogens (tertiary/aromatic N) is 2. The Kier molecular flexibility index (Phi) is 7.65. The van der Waals surface area contributed by atoms with Crippen molar-refractivity contribution in [2.75, 3.05) is 18.4 Å². The highest BCUT2D eigenvalue weighted by Crippen LogP contribution is 2.35. The van der Waals surface area contributed by atoms with E-state index in [1.165, 1.54) is 11.0 Å². The fourth-order valence-electron chi connectivity index (χ4n) is 5.11. The number of nitrogens with one attached hydrogen (secondary N) is 1. The first-order valence-corrected chi connectivity index (χ1v) is 13.1. The molecule has 1 aliphatic heterocycles. The Morgan fingerprint density at radius 3 is 2.58 bits per heavy atom. The first-order chi connectivity index (χ1) is 18.2. The van der Waals surface area contributed by atoms with E-state index >= 15 is 8.78 Å². The number of ketones is 1. The molecule has 1 saturated heterocycles. The summed E-state index contributed by atoms with van der Waals surface area (Å²) >= 11 is 6.38.